The lowest BCUT2D eigenvalue weighted by molar-refractivity contribution is -0.134. The maximum atomic E-state index is 12.0. The van der Waals surface area contributed by atoms with Crippen molar-refractivity contribution in [1.29, 1.82) is 0 Å². The van der Waals surface area contributed by atoms with E-state index in [2.05, 4.69) is 0 Å². The molecule has 0 aliphatic carbocycles. The van der Waals surface area contributed by atoms with E-state index in [0.717, 1.165) is 5.56 Å². The third-order valence-corrected chi connectivity index (χ3v) is 3.54. The minimum Gasteiger partial charge on any atom is -0.319 e. The first-order valence-electron chi connectivity index (χ1n) is 5.74. The predicted octanol–water partition coefficient (Wildman–Crippen LogP) is 2.05. The van der Waals surface area contributed by atoms with Crippen LogP contribution in [0.4, 0.5) is 0 Å². The Morgan fingerprint density at radius 3 is 2.33 bits per heavy atom. The highest BCUT2D eigenvalue weighted by molar-refractivity contribution is 6.30. The van der Waals surface area contributed by atoms with Gasteiger partial charge in [-0.25, -0.2) is 0 Å². The van der Waals surface area contributed by atoms with E-state index in [0.29, 0.717) is 5.02 Å². The van der Waals surface area contributed by atoms with Gasteiger partial charge in [-0.15, -0.1) is 0 Å². The van der Waals surface area contributed by atoms with Crippen molar-refractivity contribution in [3.8, 4) is 0 Å². The molecule has 0 aromatic heterocycles. The first kappa shape index (κ1) is 12.9. The van der Waals surface area contributed by atoms with Crippen molar-refractivity contribution < 1.29 is 9.59 Å². The van der Waals surface area contributed by atoms with Gasteiger partial charge in [-0.05, 0) is 24.6 Å². The van der Waals surface area contributed by atoms with Crippen LogP contribution in [0.1, 0.15) is 25.6 Å². The first-order valence-corrected chi connectivity index (χ1v) is 6.12. The van der Waals surface area contributed by atoms with Crippen LogP contribution in [-0.4, -0.2) is 34.7 Å². The molecular formula is C13H15ClN2O2. The Balaban J connectivity index is 2.43. The van der Waals surface area contributed by atoms with Gasteiger partial charge in [0.05, 0.1) is 0 Å². The minimum absolute atomic E-state index is 0.0508. The zero-order chi connectivity index (χ0) is 13.4. The molecule has 1 heterocycles. The third-order valence-electron chi connectivity index (χ3n) is 3.28. The van der Waals surface area contributed by atoms with E-state index in [1.165, 1.54) is 6.92 Å². The molecule has 1 fully saturated rings. The largest absolute Gasteiger partial charge is 0.319 e. The number of amides is 2. The van der Waals surface area contributed by atoms with E-state index in [-0.39, 0.29) is 18.0 Å². The number of likely N-dealkylation sites (N-methyl/N-ethyl adjacent to an activating group) is 1. The summed E-state index contributed by atoms with van der Waals surface area (Å²) in [6, 6.07) is 6.77. The second-order valence-corrected chi connectivity index (χ2v) is 4.91. The van der Waals surface area contributed by atoms with Crippen molar-refractivity contribution in [2.24, 2.45) is 0 Å². The smallest absolute Gasteiger partial charge is 0.246 e. The Morgan fingerprint density at radius 1 is 1.28 bits per heavy atom. The maximum Gasteiger partial charge on any atom is 0.246 e. The zero-order valence-electron chi connectivity index (χ0n) is 10.6. The Hall–Kier alpha value is -1.55. The molecule has 4 nitrogen and oxygen atoms in total. The molecule has 0 saturated carbocycles. The molecular weight excluding hydrogens is 252 g/mol. The quantitative estimate of drug-likeness (QED) is 0.781. The first-order chi connectivity index (χ1) is 8.43. The topological polar surface area (TPSA) is 40.6 Å². The second kappa shape index (κ2) is 4.61. The summed E-state index contributed by atoms with van der Waals surface area (Å²) in [4.78, 5) is 26.9. The van der Waals surface area contributed by atoms with Crippen LogP contribution in [-0.2, 0) is 9.59 Å². The van der Waals surface area contributed by atoms with Crippen molar-refractivity contribution in [2.45, 2.75) is 26.1 Å². The fourth-order valence-electron chi connectivity index (χ4n) is 2.40. The summed E-state index contributed by atoms with van der Waals surface area (Å²) in [7, 11) is 1.71. The third kappa shape index (κ3) is 1.97. The van der Waals surface area contributed by atoms with Crippen molar-refractivity contribution in [2.75, 3.05) is 7.05 Å². The Kier molecular flexibility index (Phi) is 3.30. The highest BCUT2D eigenvalue weighted by Crippen LogP contribution is 2.33. The van der Waals surface area contributed by atoms with Gasteiger partial charge < -0.3 is 9.80 Å². The summed E-state index contributed by atoms with van der Waals surface area (Å²) in [6.45, 7) is 3.22. The number of halogens is 1. The summed E-state index contributed by atoms with van der Waals surface area (Å²) in [5, 5.41) is 0.633. The van der Waals surface area contributed by atoms with Crippen molar-refractivity contribution in [3.63, 3.8) is 0 Å². The van der Waals surface area contributed by atoms with Crippen molar-refractivity contribution >= 4 is 23.4 Å². The number of carbonyl (C=O) groups is 2. The van der Waals surface area contributed by atoms with Crippen LogP contribution in [0.2, 0.25) is 5.02 Å². The number of hydrogen-bond acceptors (Lipinski definition) is 2. The second-order valence-electron chi connectivity index (χ2n) is 4.48. The summed E-state index contributed by atoms with van der Waals surface area (Å²) >= 11 is 5.85. The molecule has 1 aromatic carbocycles. The van der Waals surface area contributed by atoms with Gasteiger partial charge in [0.2, 0.25) is 11.8 Å². The number of carbonyl (C=O) groups excluding carboxylic acids is 2. The van der Waals surface area contributed by atoms with Crippen LogP contribution >= 0.6 is 11.6 Å². The molecule has 2 atom stereocenters. The Bertz CT molecular complexity index is 486. The molecule has 1 aromatic rings. The lowest BCUT2D eigenvalue weighted by Gasteiger charge is -2.28. The van der Waals surface area contributed by atoms with E-state index in [1.54, 1.807) is 35.9 Å². The fourth-order valence-corrected chi connectivity index (χ4v) is 2.52. The lowest BCUT2D eigenvalue weighted by Crippen LogP contribution is -2.36. The lowest BCUT2D eigenvalue weighted by atomic mass is 10.1. The number of nitrogens with zero attached hydrogens (tertiary/aromatic N) is 2. The monoisotopic (exact) mass is 266 g/mol. The molecule has 0 radical (unpaired) electrons. The Morgan fingerprint density at radius 2 is 1.83 bits per heavy atom. The average Bonchev–Trinajstić information content (AvgIpc) is 2.55. The summed E-state index contributed by atoms with van der Waals surface area (Å²) in [5.74, 6) is -0.162. The molecule has 2 amide bonds. The van der Waals surface area contributed by atoms with Gasteiger partial charge in [0.1, 0.15) is 12.2 Å². The molecule has 0 N–H and O–H groups in total. The molecule has 0 bridgehead atoms. The van der Waals surface area contributed by atoms with E-state index >= 15 is 0 Å². The van der Waals surface area contributed by atoms with E-state index in [1.807, 2.05) is 12.1 Å². The molecule has 1 aliphatic heterocycles. The molecule has 5 heteroatoms. The van der Waals surface area contributed by atoms with Crippen LogP contribution in [0.5, 0.6) is 0 Å². The molecule has 2 rings (SSSR count). The molecule has 18 heavy (non-hydrogen) atoms. The SMILES string of the molecule is CC(=O)N1C(C)C(=O)N(C)C1c1ccc(Cl)cc1. The molecule has 1 aliphatic rings. The maximum absolute atomic E-state index is 12.0. The van der Waals surface area contributed by atoms with E-state index in [4.69, 9.17) is 11.6 Å². The summed E-state index contributed by atoms with van der Waals surface area (Å²) < 4.78 is 0. The zero-order valence-corrected chi connectivity index (χ0v) is 11.3. The van der Waals surface area contributed by atoms with Crippen LogP contribution in [0, 0.1) is 0 Å². The van der Waals surface area contributed by atoms with Gasteiger partial charge in [0, 0.05) is 19.0 Å². The van der Waals surface area contributed by atoms with Gasteiger partial charge in [-0.3, -0.25) is 9.59 Å². The molecule has 96 valence electrons. The molecule has 0 spiro atoms. The van der Waals surface area contributed by atoms with Gasteiger partial charge in [-0.1, -0.05) is 23.7 Å². The predicted molar refractivity (Wildman–Crippen MR) is 68.9 cm³/mol. The van der Waals surface area contributed by atoms with E-state index in [9.17, 15) is 9.59 Å². The number of hydrogen-bond donors (Lipinski definition) is 0. The minimum atomic E-state index is -0.423. The van der Waals surface area contributed by atoms with Gasteiger partial charge in [-0.2, -0.15) is 0 Å². The fraction of sp³-hybridized carbons (Fsp3) is 0.385. The van der Waals surface area contributed by atoms with Gasteiger partial charge >= 0.3 is 0 Å². The number of rotatable bonds is 1. The number of benzene rings is 1. The highest BCUT2D eigenvalue weighted by atomic mass is 35.5. The normalized spacial score (nSPS) is 23.7. The Labute approximate surface area is 111 Å². The molecule has 2 unspecified atom stereocenters. The summed E-state index contributed by atoms with van der Waals surface area (Å²) in [6.07, 6.45) is -0.345. The van der Waals surface area contributed by atoms with Crippen LogP contribution < -0.4 is 0 Å². The van der Waals surface area contributed by atoms with Crippen LogP contribution in [0.3, 0.4) is 0 Å². The summed E-state index contributed by atoms with van der Waals surface area (Å²) in [5.41, 5.74) is 0.884. The van der Waals surface area contributed by atoms with Crippen molar-refractivity contribution in [1.82, 2.24) is 9.80 Å². The van der Waals surface area contributed by atoms with Gasteiger partial charge in [0.15, 0.2) is 0 Å². The van der Waals surface area contributed by atoms with Crippen LogP contribution in [0.25, 0.3) is 0 Å². The van der Waals surface area contributed by atoms with E-state index < -0.39 is 6.04 Å². The van der Waals surface area contributed by atoms with Crippen molar-refractivity contribution in [3.05, 3.63) is 34.9 Å². The average molecular weight is 267 g/mol. The van der Waals surface area contributed by atoms with Crippen LogP contribution in [0.15, 0.2) is 24.3 Å². The highest BCUT2D eigenvalue weighted by Gasteiger charge is 2.43. The molecule has 1 saturated heterocycles. The standard InChI is InChI=1S/C13H15ClN2O2/c1-8-13(18)15(3)12(16(8)9(2)17)10-4-6-11(14)7-5-10/h4-8,12H,1-3H3. The van der Waals surface area contributed by atoms with Gasteiger partial charge in [0.25, 0.3) is 0 Å².